The summed E-state index contributed by atoms with van der Waals surface area (Å²) in [4.78, 5) is 12.5. The van der Waals surface area contributed by atoms with E-state index in [1.165, 1.54) is 11.1 Å². The Kier molecular flexibility index (Phi) is 4.18. The molecule has 2 nitrogen and oxygen atoms in total. The van der Waals surface area contributed by atoms with Crippen LogP contribution in [0.1, 0.15) is 50.2 Å². The van der Waals surface area contributed by atoms with Crippen molar-refractivity contribution in [2.75, 3.05) is 6.54 Å². The van der Waals surface area contributed by atoms with Crippen LogP contribution in [0.4, 0.5) is 0 Å². The molecule has 0 radical (unpaired) electrons. The molecule has 98 valence electrons. The average molecular weight is 245 g/mol. The summed E-state index contributed by atoms with van der Waals surface area (Å²) >= 11 is 0. The van der Waals surface area contributed by atoms with Gasteiger partial charge in [0.2, 0.25) is 0 Å². The highest BCUT2D eigenvalue weighted by Gasteiger charge is 2.41. The highest BCUT2D eigenvalue weighted by atomic mass is 16.1. The van der Waals surface area contributed by atoms with Crippen LogP contribution < -0.4 is 5.32 Å². The van der Waals surface area contributed by atoms with Gasteiger partial charge in [-0.05, 0) is 43.9 Å². The van der Waals surface area contributed by atoms with Crippen LogP contribution in [0.2, 0.25) is 0 Å². The lowest BCUT2D eigenvalue weighted by molar-refractivity contribution is -0.128. The molecule has 1 fully saturated rings. The van der Waals surface area contributed by atoms with E-state index in [1.54, 1.807) is 0 Å². The van der Waals surface area contributed by atoms with E-state index in [0.717, 1.165) is 32.2 Å². The van der Waals surface area contributed by atoms with Crippen LogP contribution >= 0.6 is 0 Å². The topological polar surface area (TPSA) is 29.1 Å². The van der Waals surface area contributed by atoms with Crippen molar-refractivity contribution in [3.63, 3.8) is 0 Å². The van der Waals surface area contributed by atoms with Gasteiger partial charge < -0.3 is 5.32 Å². The van der Waals surface area contributed by atoms with Crippen LogP contribution in [-0.2, 0) is 10.3 Å². The normalized spacial score (nSPS) is 24.2. The smallest absolute Gasteiger partial charge is 0.157 e. The van der Waals surface area contributed by atoms with Gasteiger partial charge in [-0.2, -0.15) is 0 Å². The van der Waals surface area contributed by atoms with Crippen molar-refractivity contribution in [1.29, 1.82) is 0 Å². The fourth-order valence-corrected chi connectivity index (χ4v) is 2.99. The quantitative estimate of drug-likeness (QED) is 0.881. The molecule has 0 saturated heterocycles. The van der Waals surface area contributed by atoms with E-state index >= 15 is 0 Å². The first-order chi connectivity index (χ1) is 8.70. The number of Topliss-reactive ketones (excluding diaryl/α,β-unsaturated/α-hetero) is 1. The molecule has 1 aromatic rings. The molecule has 1 N–H and O–H groups in total. The molecular formula is C16H23NO. The summed E-state index contributed by atoms with van der Waals surface area (Å²) in [7, 11) is 0. The summed E-state index contributed by atoms with van der Waals surface area (Å²) in [6.45, 7) is 5.15. The van der Waals surface area contributed by atoms with E-state index in [4.69, 9.17) is 0 Å². The molecule has 0 heterocycles. The summed E-state index contributed by atoms with van der Waals surface area (Å²) in [5.41, 5.74) is 1.99. The fourth-order valence-electron chi connectivity index (χ4n) is 2.99. The zero-order chi connectivity index (χ0) is 13.0. The van der Waals surface area contributed by atoms with Crippen LogP contribution in [0.25, 0.3) is 0 Å². The lowest BCUT2D eigenvalue weighted by Crippen LogP contribution is -2.51. The van der Waals surface area contributed by atoms with Gasteiger partial charge in [0.15, 0.2) is 5.78 Å². The molecular weight excluding hydrogens is 222 g/mol. The second kappa shape index (κ2) is 5.66. The third-order valence-corrected chi connectivity index (χ3v) is 3.96. The molecule has 2 heteroatoms. The molecule has 0 unspecified atom stereocenters. The maximum absolute atomic E-state index is 12.5. The number of aryl methyl sites for hydroxylation is 1. The monoisotopic (exact) mass is 245 g/mol. The van der Waals surface area contributed by atoms with E-state index in [9.17, 15) is 4.79 Å². The maximum atomic E-state index is 12.5. The SMILES string of the molecule is CCCN[C@]1(c2ccccc2C)CCCCC1=O. The van der Waals surface area contributed by atoms with Crippen molar-refractivity contribution in [1.82, 2.24) is 5.32 Å². The third kappa shape index (κ3) is 2.35. The van der Waals surface area contributed by atoms with Crippen LogP contribution in [-0.4, -0.2) is 12.3 Å². The fraction of sp³-hybridized carbons (Fsp3) is 0.562. The largest absolute Gasteiger partial charge is 0.301 e. The number of benzene rings is 1. The first kappa shape index (κ1) is 13.3. The molecule has 1 saturated carbocycles. The zero-order valence-corrected chi connectivity index (χ0v) is 11.5. The molecule has 0 spiro atoms. The van der Waals surface area contributed by atoms with Crippen molar-refractivity contribution >= 4 is 5.78 Å². The average Bonchev–Trinajstić information content (AvgIpc) is 2.39. The van der Waals surface area contributed by atoms with Crippen molar-refractivity contribution in [3.05, 3.63) is 35.4 Å². The molecule has 0 aliphatic heterocycles. The van der Waals surface area contributed by atoms with E-state index < -0.39 is 5.54 Å². The molecule has 0 bridgehead atoms. The molecule has 2 rings (SSSR count). The van der Waals surface area contributed by atoms with E-state index in [2.05, 4.69) is 31.3 Å². The second-order valence-electron chi connectivity index (χ2n) is 5.28. The predicted molar refractivity (Wildman–Crippen MR) is 74.6 cm³/mol. The lowest BCUT2D eigenvalue weighted by atomic mass is 9.74. The maximum Gasteiger partial charge on any atom is 0.157 e. The van der Waals surface area contributed by atoms with Crippen LogP contribution in [0.3, 0.4) is 0 Å². The highest BCUT2D eigenvalue weighted by molar-refractivity contribution is 5.90. The van der Waals surface area contributed by atoms with Crippen molar-refractivity contribution in [2.24, 2.45) is 0 Å². The van der Waals surface area contributed by atoms with Gasteiger partial charge in [-0.1, -0.05) is 37.6 Å². The van der Waals surface area contributed by atoms with Crippen LogP contribution in [0, 0.1) is 6.92 Å². The summed E-state index contributed by atoms with van der Waals surface area (Å²) in [5, 5.41) is 3.54. The number of hydrogen-bond donors (Lipinski definition) is 1. The molecule has 0 aromatic heterocycles. The van der Waals surface area contributed by atoms with Gasteiger partial charge in [0, 0.05) is 6.42 Å². The Labute approximate surface area is 110 Å². The molecule has 1 aliphatic rings. The summed E-state index contributed by atoms with van der Waals surface area (Å²) in [6, 6.07) is 8.30. The van der Waals surface area contributed by atoms with E-state index in [0.29, 0.717) is 12.2 Å². The van der Waals surface area contributed by atoms with Gasteiger partial charge in [-0.3, -0.25) is 4.79 Å². The number of ketones is 1. The molecule has 1 atom stereocenters. The Morgan fingerprint density at radius 3 is 2.72 bits per heavy atom. The van der Waals surface area contributed by atoms with Gasteiger partial charge in [0.25, 0.3) is 0 Å². The van der Waals surface area contributed by atoms with Gasteiger partial charge in [-0.25, -0.2) is 0 Å². The number of rotatable bonds is 4. The number of carbonyl (C=O) groups excluding carboxylic acids is 1. The Morgan fingerprint density at radius 1 is 1.28 bits per heavy atom. The minimum atomic E-state index is -0.417. The van der Waals surface area contributed by atoms with Crippen molar-refractivity contribution < 1.29 is 4.79 Å². The first-order valence-corrected chi connectivity index (χ1v) is 7.05. The standard InChI is InChI=1S/C16H23NO/c1-3-12-17-16(11-7-6-10-15(16)18)14-9-5-4-8-13(14)2/h4-5,8-9,17H,3,6-7,10-12H2,1-2H3/t16-/m0/s1. The van der Waals surface area contributed by atoms with Gasteiger partial charge in [0.1, 0.15) is 5.54 Å². The van der Waals surface area contributed by atoms with Crippen LogP contribution in [0.15, 0.2) is 24.3 Å². The second-order valence-corrected chi connectivity index (χ2v) is 5.28. The first-order valence-electron chi connectivity index (χ1n) is 7.05. The Hall–Kier alpha value is -1.15. The highest BCUT2D eigenvalue weighted by Crippen LogP contribution is 2.36. The minimum absolute atomic E-state index is 0.372. The minimum Gasteiger partial charge on any atom is -0.301 e. The summed E-state index contributed by atoms with van der Waals surface area (Å²) in [6.07, 6.45) is 4.89. The van der Waals surface area contributed by atoms with Crippen LogP contribution in [0.5, 0.6) is 0 Å². The van der Waals surface area contributed by atoms with Crippen molar-refractivity contribution in [3.8, 4) is 0 Å². The molecule has 1 aromatic carbocycles. The molecule has 18 heavy (non-hydrogen) atoms. The van der Waals surface area contributed by atoms with E-state index in [1.807, 2.05) is 12.1 Å². The molecule has 1 aliphatic carbocycles. The summed E-state index contributed by atoms with van der Waals surface area (Å²) in [5.74, 6) is 0.372. The van der Waals surface area contributed by atoms with Gasteiger partial charge in [0.05, 0.1) is 0 Å². The van der Waals surface area contributed by atoms with Gasteiger partial charge >= 0.3 is 0 Å². The third-order valence-electron chi connectivity index (χ3n) is 3.96. The Balaban J connectivity index is 2.41. The summed E-state index contributed by atoms with van der Waals surface area (Å²) < 4.78 is 0. The number of hydrogen-bond acceptors (Lipinski definition) is 2. The zero-order valence-electron chi connectivity index (χ0n) is 11.5. The predicted octanol–water partition coefficient (Wildman–Crippen LogP) is 3.33. The van der Waals surface area contributed by atoms with E-state index in [-0.39, 0.29) is 0 Å². The van der Waals surface area contributed by atoms with Gasteiger partial charge in [-0.15, -0.1) is 0 Å². The number of carbonyl (C=O) groups is 1. The molecule has 0 amide bonds. The number of nitrogens with one attached hydrogen (secondary N) is 1. The lowest BCUT2D eigenvalue weighted by Gasteiger charge is -2.38. The Bertz CT molecular complexity index is 427. The van der Waals surface area contributed by atoms with Crippen molar-refractivity contribution in [2.45, 2.75) is 51.5 Å². The Morgan fingerprint density at radius 2 is 2.06 bits per heavy atom.